The zero-order valence-corrected chi connectivity index (χ0v) is 17.5. The summed E-state index contributed by atoms with van der Waals surface area (Å²) in [5.74, 6) is 1.85. The van der Waals surface area contributed by atoms with E-state index in [1.54, 1.807) is 13.3 Å². The number of aromatic nitrogens is 2. The third kappa shape index (κ3) is 4.17. The maximum Gasteiger partial charge on any atom is 0.240 e. The molecule has 8 heteroatoms. The number of carbonyl (C=O) groups is 1. The van der Waals surface area contributed by atoms with Crippen molar-refractivity contribution in [1.29, 1.82) is 0 Å². The molecule has 1 fully saturated rings. The van der Waals surface area contributed by atoms with Gasteiger partial charge in [-0.1, -0.05) is 41.9 Å². The Hall–Kier alpha value is -1.90. The zero-order chi connectivity index (χ0) is 19.6. The van der Waals surface area contributed by atoms with Crippen LogP contribution in [0.3, 0.4) is 0 Å². The number of amides is 1. The Morgan fingerprint density at radius 1 is 1.30 bits per heavy atom. The third-order valence-electron chi connectivity index (χ3n) is 4.92. The van der Waals surface area contributed by atoms with E-state index >= 15 is 0 Å². The number of imidazole rings is 1. The molecule has 0 aliphatic carbocycles. The summed E-state index contributed by atoms with van der Waals surface area (Å²) in [4.78, 5) is 17.5. The third-order valence-corrected chi connectivity index (χ3v) is 6.02. The lowest BCUT2D eigenvalue weighted by Crippen LogP contribution is -2.47. The minimum absolute atomic E-state index is 0.00427. The van der Waals surface area contributed by atoms with Crippen molar-refractivity contribution in [2.24, 2.45) is 13.0 Å². The molecule has 4 unspecified atom stereocenters. The van der Waals surface area contributed by atoms with Crippen molar-refractivity contribution in [2.75, 3.05) is 7.11 Å². The van der Waals surface area contributed by atoms with Crippen LogP contribution in [0.5, 0.6) is 5.75 Å². The average Bonchev–Trinajstić information content (AvgIpc) is 3.25. The van der Waals surface area contributed by atoms with Gasteiger partial charge in [-0.15, -0.1) is 0 Å². The lowest BCUT2D eigenvalue weighted by molar-refractivity contribution is -0.123. The number of alkyl halides is 1. The van der Waals surface area contributed by atoms with Crippen molar-refractivity contribution in [1.82, 2.24) is 25.7 Å². The molecule has 1 aliphatic heterocycles. The first-order chi connectivity index (χ1) is 12.9. The molecule has 1 aromatic carbocycles. The maximum absolute atomic E-state index is 13.0. The summed E-state index contributed by atoms with van der Waals surface area (Å²) in [6.07, 6.45) is 3.60. The maximum atomic E-state index is 13.0. The number of hydrogen-bond donors (Lipinski definition) is 3. The fourth-order valence-corrected chi connectivity index (χ4v) is 4.39. The minimum atomic E-state index is -0.376. The van der Waals surface area contributed by atoms with Gasteiger partial charge in [0, 0.05) is 25.5 Å². The Morgan fingerprint density at radius 3 is 2.52 bits per heavy atom. The quantitative estimate of drug-likeness (QED) is 0.603. The van der Waals surface area contributed by atoms with Crippen LogP contribution in [0.2, 0.25) is 0 Å². The highest BCUT2D eigenvalue weighted by molar-refractivity contribution is 9.09. The van der Waals surface area contributed by atoms with Gasteiger partial charge in [-0.2, -0.15) is 0 Å². The van der Waals surface area contributed by atoms with Gasteiger partial charge in [0.2, 0.25) is 5.91 Å². The Kier molecular flexibility index (Phi) is 6.18. The molecule has 0 radical (unpaired) electrons. The lowest BCUT2D eigenvalue weighted by Gasteiger charge is -2.23. The number of ether oxygens (including phenoxy) is 1. The van der Waals surface area contributed by atoms with Gasteiger partial charge in [0.15, 0.2) is 0 Å². The van der Waals surface area contributed by atoms with E-state index in [0.717, 1.165) is 17.1 Å². The molecule has 146 valence electrons. The molecule has 0 bridgehead atoms. The van der Waals surface area contributed by atoms with Gasteiger partial charge in [-0.25, -0.2) is 10.4 Å². The van der Waals surface area contributed by atoms with Crippen molar-refractivity contribution in [3.05, 3.63) is 48.0 Å². The Morgan fingerprint density at radius 2 is 2.00 bits per heavy atom. The van der Waals surface area contributed by atoms with Crippen LogP contribution in [0, 0.1) is 5.92 Å². The van der Waals surface area contributed by atoms with Gasteiger partial charge in [0.05, 0.1) is 11.9 Å². The Bertz CT molecular complexity index is 777. The molecule has 7 nitrogen and oxygen atoms in total. The van der Waals surface area contributed by atoms with E-state index in [-0.39, 0.29) is 28.9 Å². The highest BCUT2D eigenvalue weighted by atomic mass is 79.9. The van der Waals surface area contributed by atoms with E-state index in [0.29, 0.717) is 5.92 Å². The number of hydrogen-bond acceptors (Lipinski definition) is 5. The molecule has 3 N–H and O–H groups in total. The molecular formula is C19H26BrN5O2. The predicted octanol–water partition coefficient (Wildman–Crippen LogP) is 1.90. The van der Waals surface area contributed by atoms with Crippen LogP contribution in [-0.2, 0) is 11.8 Å². The van der Waals surface area contributed by atoms with Crippen molar-refractivity contribution in [3.8, 4) is 5.75 Å². The Balaban J connectivity index is 1.83. The second-order valence-corrected chi connectivity index (χ2v) is 8.15. The number of nitrogens with zero attached hydrogens (tertiary/aromatic N) is 2. The van der Waals surface area contributed by atoms with E-state index in [2.05, 4.69) is 50.9 Å². The number of halogens is 1. The molecule has 0 spiro atoms. The van der Waals surface area contributed by atoms with E-state index in [9.17, 15) is 4.79 Å². The van der Waals surface area contributed by atoms with Crippen LogP contribution in [-0.4, -0.2) is 39.5 Å². The number of methoxy groups -OCH3 is 1. The molecule has 2 aromatic rings. The zero-order valence-electron chi connectivity index (χ0n) is 15.9. The summed E-state index contributed by atoms with van der Waals surface area (Å²) in [5, 5.41) is 3.15. The SMILES string of the molecule is COc1ccc(C(NC(=O)C2NNC(C(C)C)C2Br)c2nccn2C)cc1. The summed E-state index contributed by atoms with van der Waals surface area (Å²) < 4.78 is 7.16. The minimum Gasteiger partial charge on any atom is -0.497 e. The van der Waals surface area contributed by atoms with Crippen molar-refractivity contribution in [2.45, 2.75) is 36.8 Å². The standard InChI is InChI=1S/C19H26BrN5O2/c1-11(2)15-14(20)17(24-23-15)19(26)22-16(18-21-9-10-25(18)3)12-5-7-13(27-4)8-6-12/h5-11,14-17,23-24H,1-4H3,(H,22,26). The summed E-state index contributed by atoms with van der Waals surface area (Å²) in [6.45, 7) is 4.25. The highest BCUT2D eigenvalue weighted by Crippen LogP contribution is 2.25. The first kappa shape index (κ1) is 19.9. The molecule has 1 aliphatic rings. The molecule has 2 heterocycles. The number of benzene rings is 1. The smallest absolute Gasteiger partial charge is 0.240 e. The van der Waals surface area contributed by atoms with Crippen LogP contribution >= 0.6 is 15.9 Å². The number of nitrogens with one attached hydrogen (secondary N) is 3. The van der Waals surface area contributed by atoms with Crippen LogP contribution in [0.4, 0.5) is 0 Å². The number of hydrazine groups is 1. The van der Waals surface area contributed by atoms with Gasteiger partial charge in [-0.05, 0) is 23.6 Å². The second kappa shape index (κ2) is 8.41. The fourth-order valence-electron chi connectivity index (χ4n) is 3.28. The monoisotopic (exact) mass is 435 g/mol. The van der Waals surface area contributed by atoms with E-state index < -0.39 is 0 Å². The van der Waals surface area contributed by atoms with Crippen LogP contribution < -0.4 is 20.9 Å². The number of aryl methyl sites for hydroxylation is 1. The molecule has 0 saturated carbocycles. The number of carbonyl (C=O) groups excluding carboxylic acids is 1. The first-order valence-corrected chi connectivity index (χ1v) is 9.90. The normalized spacial score (nSPS) is 23.4. The lowest BCUT2D eigenvalue weighted by atomic mass is 9.98. The molecule has 3 rings (SSSR count). The predicted molar refractivity (Wildman–Crippen MR) is 108 cm³/mol. The average molecular weight is 436 g/mol. The molecular weight excluding hydrogens is 410 g/mol. The van der Waals surface area contributed by atoms with Crippen molar-refractivity contribution < 1.29 is 9.53 Å². The van der Waals surface area contributed by atoms with Crippen LogP contribution in [0.15, 0.2) is 36.7 Å². The molecule has 1 aromatic heterocycles. The summed E-state index contributed by atoms with van der Waals surface area (Å²) in [5.41, 5.74) is 7.27. The molecule has 1 saturated heterocycles. The van der Waals surface area contributed by atoms with E-state index in [1.165, 1.54) is 0 Å². The van der Waals surface area contributed by atoms with E-state index in [4.69, 9.17) is 4.74 Å². The van der Waals surface area contributed by atoms with Crippen LogP contribution in [0.25, 0.3) is 0 Å². The fraction of sp³-hybridized carbons (Fsp3) is 0.474. The van der Waals surface area contributed by atoms with Gasteiger partial charge in [0.25, 0.3) is 0 Å². The Labute approximate surface area is 168 Å². The number of rotatable bonds is 6. The summed E-state index contributed by atoms with van der Waals surface area (Å²) >= 11 is 3.68. The molecule has 1 amide bonds. The van der Waals surface area contributed by atoms with E-state index in [1.807, 2.05) is 42.1 Å². The van der Waals surface area contributed by atoms with Gasteiger partial charge in [-0.3, -0.25) is 10.2 Å². The first-order valence-electron chi connectivity index (χ1n) is 8.99. The molecule has 4 atom stereocenters. The van der Waals surface area contributed by atoms with Crippen molar-refractivity contribution >= 4 is 21.8 Å². The highest BCUT2D eigenvalue weighted by Gasteiger charge is 2.40. The second-order valence-electron chi connectivity index (χ2n) is 7.09. The summed E-state index contributed by atoms with van der Waals surface area (Å²) in [6, 6.07) is 7.10. The topological polar surface area (TPSA) is 80.2 Å². The van der Waals surface area contributed by atoms with Gasteiger partial charge < -0.3 is 14.6 Å². The van der Waals surface area contributed by atoms with Crippen molar-refractivity contribution in [3.63, 3.8) is 0 Å². The largest absolute Gasteiger partial charge is 0.497 e. The molecule has 27 heavy (non-hydrogen) atoms. The van der Waals surface area contributed by atoms with Gasteiger partial charge >= 0.3 is 0 Å². The van der Waals surface area contributed by atoms with Crippen LogP contribution in [0.1, 0.15) is 31.3 Å². The summed E-state index contributed by atoms with van der Waals surface area (Å²) in [7, 11) is 3.55. The van der Waals surface area contributed by atoms with Gasteiger partial charge in [0.1, 0.15) is 23.7 Å².